The van der Waals surface area contributed by atoms with Crippen LogP contribution in [0, 0.1) is 5.92 Å². The second-order valence-electron chi connectivity index (χ2n) is 4.79. The molecular weight excluding hydrogens is 244 g/mol. The first-order chi connectivity index (χ1) is 8.91. The smallest absolute Gasteiger partial charge is 0.315 e. The van der Waals surface area contributed by atoms with Crippen LogP contribution in [0.15, 0.2) is 30.3 Å². The van der Waals surface area contributed by atoms with E-state index >= 15 is 0 Å². The van der Waals surface area contributed by atoms with Crippen LogP contribution < -0.4 is 15.7 Å². The quantitative estimate of drug-likeness (QED) is 0.825. The molecule has 0 heterocycles. The van der Waals surface area contributed by atoms with Crippen LogP contribution in [0.1, 0.15) is 32.4 Å². The number of benzene rings is 1. The van der Waals surface area contributed by atoms with E-state index in [4.69, 9.17) is 0 Å². The number of aliphatic carboxylic acids is 1. The van der Waals surface area contributed by atoms with Crippen LogP contribution in [-0.2, 0) is 4.79 Å². The molecule has 1 aromatic rings. The summed E-state index contributed by atoms with van der Waals surface area (Å²) in [5, 5.41) is 16.0. The summed E-state index contributed by atoms with van der Waals surface area (Å²) >= 11 is 0. The van der Waals surface area contributed by atoms with Crippen molar-refractivity contribution >= 4 is 12.0 Å². The highest BCUT2D eigenvalue weighted by molar-refractivity contribution is 5.81. The van der Waals surface area contributed by atoms with E-state index in [0.29, 0.717) is 0 Å². The monoisotopic (exact) mass is 263 g/mol. The Morgan fingerprint density at radius 2 is 1.63 bits per heavy atom. The first-order valence-electron chi connectivity index (χ1n) is 6.24. The lowest BCUT2D eigenvalue weighted by Crippen LogP contribution is -2.53. The van der Waals surface area contributed by atoms with Crippen molar-refractivity contribution in [3.63, 3.8) is 0 Å². The standard InChI is InChI=1S/C14H20N2O3/c1-9(2)12(13(17)18)16-14(19)15-10(3)11-7-5-4-6-8-11/h4-10,12H,1-3H3,(H,17,18)(H2,15,16,19)/p-1/t10-,12+/m1/s1. The summed E-state index contributed by atoms with van der Waals surface area (Å²) in [6.07, 6.45) is 0. The summed E-state index contributed by atoms with van der Waals surface area (Å²) in [5.74, 6) is -1.51. The zero-order valence-corrected chi connectivity index (χ0v) is 11.3. The maximum absolute atomic E-state index is 11.7. The van der Waals surface area contributed by atoms with E-state index in [1.54, 1.807) is 13.8 Å². The van der Waals surface area contributed by atoms with E-state index in [-0.39, 0.29) is 12.0 Å². The molecule has 0 fully saturated rings. The molecule has 2 N–H and O–H groups in total. The van der Waals surface area contributed by atoms with Gasteiger partial charge in [0.15, 0.2) is 0 Å². The molecule has 0 saturated carbocycles. The predicted molar refractivity (Wildman–Crippen MR) is 70.2 cm³/mol. The SMILES string of the molecule is CC(C)[C@H](NC(=O)N[C@H](C)c1ccccc1)C(=O)[O-]. The van der Waals surface area contributed by atoms with Gasteiger partial charge in [0.05, 0.1) is 18.1 Å². The third kappa shape index (κ3) is 4.62. The zero-order valence-electron chi connectivity index (χ0n) is 11.3. The van der Waals surface area contributed by atoms with Crippen molar-refractivity contribution in [1.82, 2.24) is 10.6 Å². The van der Waals surface area contributed by atoms with Crippen molar-refractivity contribution in [2.45, 2.75) is 32.9 Å². The number of hydrogen-bond donors (Lipinski definition) is 2. The maximum atomic E-state index is 11.7. The Morgan fingerprint density at radius 3 is 2.11 bits per heavy atom. The molecule has 2 atom stereocenters. The van der Waals surface area contributed by atoms with E-state index in [1.807, 2.05) is 37.3 Å². The molecule has 0 aliphatic heterocycles. The Labute approximate surface area is 113 Å². The van der Waals surface area contributed by atoms with Crippen LogP contribution >= 0.6 is 0 Å². The minimum Gasteiger partial charge on any atom is -0.548 e. The van der Waals surface area contributed by atoms with Crippen LogP contribution in [0.5, 0.6) is 0 Å². The van der Waals surface area contributed by atoms with Gasteiger partial charge < -0.3 is 20.5 Å². The summed E-state index contributed by atoms with van der Waals surface area (Å²) in [5.41, 5.74) is 0.951. The topological polar surface area (TPSA) is 81.3 Å². The molecule has 19 heavy (non-hydrogen) atoms. The fourth-order valence-electron chi connectivity index (χ4n) is 1.70. The fourth-order valence-corrected chi connectivity index (χ4v) is 1.70. The number of carbonyl (C=O) groups excluding carboxylic acids is 2. The van der Waals surface area contributed by atoms with E-state index in [0.717, 1.165) is 5.56 Å². The first-order valence-corrected chi connectivity index (χ1v) is 6.24. The Morgan fingerprint density at radius 1 is 1.05 bits per heavy atom. The average Bonchev–Trinajstić information content (AvgIpc) is 2.36. The highest BCUT2D eigenvalue weighted by atomic mass is 16.4. The molecule has 0 saturated heterocycles. The van der Waals surface area contributed by atoms with Gasteiger partial charge in [-0.1, -0.05) is 44.2 Å². The number of nitrogens with one attached hydrogen (secondary N) is 2. The summed E-state index contributed by atoms with van der Waals surface area (Å²) in [6, 6.07) is 7.72. The number of hydrogen-bond acceptors (Lipinski definition) is 3. The highest BCUT2D eigenvalue weighted by Crippen LogP contribution is 2.10. The number of carboxylic acid groups (broad SMARTS) is 1. The van der Waals surface area contributed by atoms with Gasteiger partial charge in [-0.2, -0.15) is 0 Å². The molecular formula is C14H19N2O3-. The van der Waals surface area contributed by atoms with E-state index < -0.39 is 18.0 Å². The number of carbonyl (C=O) groups is 2. The van der Waals surface area contributed by atoms with Crippen molar-refractivity contribution in [2.24, 2.45) is 5.92 Å². The average molecular weight is 263 g/mol. The molecule has 0 bridgehead atoms. The summed E-state index contributed by atoms with van der Waals surface area (Å²) in [4.78, 5) is 22.6. The largest absolute Gasteiger partial charge is 0.548 e. The normalized spacial score (nSPS) is 13.7. The van der Waals surface area contributed by atoms with Crippen LogP contribution in [-0.4, -0.2) is 18.0 Å². The summed E-state index contributed by atoms with van der Waals surface area (Å²) in [7, 11) is 0. The van der Waals surface area contributed by atoms with Crippen molar-refractivity contribution in [1.29, 1.82) is 0 Å². The van der Waals surface area contributed by atoms with Crippen molar-refractivity contribution in [2.75, 3.05) is 0 Å². The Kier molecular flexibility index (Phi) is 5.36. The molecule has 0 aromatic heterocycles. The Balaban J connectivity index is 2.58. The lowest BCUT2D eigenvalue weighted by molar-refractivity contribution is -0.309. The van der Waals surface area contributed by atoms with Crippen LogP contribution in [0.2, 0.25) is 0 Å². The molecule has 0 aliphatic carbocycles. The van der Waals surface area contributed by atoms with E-state index in [1.165, 1.54) is 0 Å². The van der Waals surface area contributed by atoms with Crippen LogP contribution in [0.25, 0.3) is 0 Å². The Bertz CT molecular complexity index is 432. The van der Waals surface area contributed by atoms with Gasteiger partial charge in [0.2, 0.25) is 0 Å². The molecule has 1 aromatic carbocycles. The third-order valence-electron chi connectivity index (χ3n) is 2.85. The zero-order chi connectivity index (χ0) is 14.4. The summed E-state index contributed by atoms with van der Waals surface area (Å²) in [6.45, 7) is 5.25. The molecule has 104 valence electrons. The van der Waals surface area contributed by atoms with Gasteiger partial charge >= 0.3 is 6.03 Å². The van der Waals surface area contributed by atoms with Gasteiger partial charge in [-0.05, 0) is 18.4 Å². The highest BCUT2D eigenvalue weighted by Gasteiger charge is 2.18. The van der Waals surface area contributed by atoms with Gasteiger partial charge in [0, 0.05) is 0 Å². The molecule has 0 unspecified atom stereocenters. The molecule has 5 nitrogen and oxygen atoms in total. The van der Waals surface area contributed by atoms with E-state index in [9.17, 15) is 14.7 Å². The second kappa shape index (κ2) is 6.78. The number of urea groups is 1. The van der Waals surface area contributed by atoms with Gasteiger partial charge in [-0.15, -0.1) is 0 Å². The van der Waals surface area contributed by atoms with Gasteiger partial charge in [0.1, 0.15) is 0 Å². The molecule has 0 spiro atoms. The molecule has 2 amide bonds. The Hall–Kier alpha value is -2.04. The van der Waals surface area contributed by atoms with Gasteiger partial charge in [-0.3, -0.25) is 0 Å². The number of rotatable bonds is 5. The molecule has 1 rings (SSSR count). The number of carboxylic acids is 1. The van der Waals surface area contributed by atoms with Crippen molar-refractivity contribution in [3.8, 4) is 0 Å². The van der Waals surface area contributed by atoms with Crippen molar-refractivity contribution in [3.05, 3.63) is 35.9 Å². The molecule has 0 aliphatic rings. The fraction of sp³-hybridized carbons (Fsp3) is 0.429. The predicted octanol–water partition coefficient (Wildman–Crippen LogP) is 0.821. The second-order valence-corrected chi connectivity index (χ2v) is 4.79. The molecule has 0 radical (unpaired) electrons. The lowest BCUT2D eigenvalue weighted by Gasteiger charge is -2.24. The maximum Gasteiger partial charge on any atom is 0.315 e. The molecule has 5 heteroatoms. The van der Waals surface area contributed by atoms with Crippen LogP contribution in [0.3, 0.4) is 0 Å². The lowest BCUT2D eigenvalue weighted by atomic mass is 10.1. The van der Waals surface area contributed by atoms with Gasteiger partial charge in [-0.25, -0.2) is 4.79 Å². The van der Waals surface area contributed by atoms with Crippen molar-refractivity contribution < 1.29 is 14.7 Å². The van der Waals surface area contributed by atoms with Gasteiger partial charge in [0.25, 0.3) is 0 Å². The minimum absolute atomic E-state index is 0.198. The first kappa shape index (κ1) is 15.0. The minimum atomic E-state index is -1.28. The van der Waals surface area contributed by atoms with Crippen LogP contribution in [0.4, 0.5) is 4.79 Å². The number of amides is 2. The third-order valence-corrected chi connectivity index (χ3v) is 2.85. The summed E-state index contributed by atoms with van der Waals surface area (Å²) < 4.78 is 0. The van der Waals surface area contributed by atoms with E-state index in [2.05, 4.69) is 10.6 Å².